The summed E-state index contributed by atoms with van der Waals surface area (Å²) in [6, 6.07) is 0. The zero-order valence-corrected chi connectivity index (χ0v) is 26.6. The SMILES string of the molecule is CC(C)=CCC/C(C)=C/CO[C@@H]1O[C@H](COC(=O)C(C)(C)C)[C@@H](OC(=O)C(C)(C)C)[C@H](OC(=O)C(C)(C)C)[C@H]1O. The highest BCUT2D eigenvalue weighted by molar-refractivity contribution is 5.77. The number of allylic oxidation sites excluding steroid dienone is 3. The molecule has 1 aliphatic rings. The van der Waals surface area contributed by atoms with Crippen LogP contribution in [0.15, 0.2) is 23.3 Å². The molecule has 1 fully saturated rings. The summed E-state index contributed by atoms with van der Waals surface area (Å²) in [5.74, 6) is -1.68. The van der Waals surface area contributed by atoms with E-state index in [9.17, 15) is 19.5 Å². The van der Waals surface area contributed by atoms with Crippen molar-refractivity contribution < 1.29 is 43.2 Å². The molecule has 1 saturated heterocycles. The topological polar surface area (TPSA) is 118 Å². The minimum Gasteiger partial charge on any atom is -0.462 e. The third kappa shape index (κ3) is 11.7. The van der Waals surface area contributed by atoms with E-state index < -0.39 is 64.9 Å². The molecule has 0 aromatic carbocycles. The third-order valence-electron chi connectivity index (χ3n) is 6.10. The maximum atomic E-state index is 12.9. The molecule has 1 rings (SSSR count). The van der Waals surface area contributed by atoms with Crippen LogP contribution in [-0.2, 0) is 38.1 Å². The van der Waals surface area contributed by atoms with Gasteiger partial charge in [-0.3, -0.25) is 14.4 Å². The van der Waals surface area contributed by atoms with Gasteiger partial charge in [-0.25, -0.2) is 0 Å². The summed E-state index contributed by atoms with van der Waals surface area (Å²) < 4.78 is 28.9. The molecule has 9 nitrogen and oxygen atoms in total. The van der Waals surface area contributed by atoms with E-state index in [2.05, 4.69) is 6.08 Å². The Labute approximate surface area is 240 Å². The molecule has 9 heteroatoms. The van der Waals surface area contributed by atoms with Gasteiger partial charge in [-0.15, -0.1) is 0 Å². The zero-order chi connectivity index (χ0) is 31.1. The second-order valence-corrected chi connectivity index (χ2v) is 13.8. The number of carbonyl (C=O) groups is 3. The lowest BCUT2D eigenvalue weighted by Gasteiger charge is -2.44. The molecule has 0 unspecified atom stereocenters. The van der Waals surface area contributed by atoms with Crippen LogP contribution in [0, 0.1) is 16.2 Å². The molecule has 0 aliphatic carbocycles. The Balaban J connectivity index is 3.30. The van der Waals surface area contributed by atoms with Crippen molar-refractivity contribution in [1.29, 1.82) is 0 Å². The Morgan fingerprint density at radius 1 is 0.775 bits per heavy atom. The van der Waals surface area contributed by atoms with E-state index in [0.29, 0.717) is 0 Å². The average Bonchev–Trinajstić information content (AvgIpc) is 2.79. The summed E-state index contributed by atoms with van der Waals surface area (Å²) in [5, 5.41) is 11.3. The van der Waals surface area contributed by atoms with Gasteiger partial charge < -0.3 is 28.8 Å². The second kappa shape index (κ2) is 14.6. The number of hydrogen-bond donors (Lipinski definition) is 1. The number of rotatable bonds is 10. The molecule has 40 heavy (non-hydrogen) atoms. The molecule has 0 bridgehead atoms. The van der Waals surface area contributed by atoms with Crippen LogP contribution in [0.1, 0.15) is 95.9 Å². The standard InChI is InChI=1S/C31H52O9/c1-19(2)14-13-15-20(3)16-17-36-25-22(32)24(40-28(35)31(10,11)12)23(39-27(34)30(7,8)9)21(38-25)18-37-26(33)29(4,5)6/h14,16,21-25,32H,13,15,17-18H2,1-12H3/b20-16+/t21-,22-,23-,24-,25-/m1/s1. The van der Waals surface area contributed by atoms with Gasteiger partial charge in [0.1, 0.15) is 18.8 Å². The summed E-state index contributed by atoms with van der Waals surface area (Å²) in [4.78, 5) is 38.4. The molecule has 0 aromatic heterocycles. The average molecular weight is 569 g/mol. The van der Waals surface area contributed by atoms with E-state index in [0.717, 1.165) is 18.4 Å². The van der Waals surface area contributed by atoms with Crippen LogP contribution in [-0.4, -0.2) is 66.9 Å². The quantitative estimate of drug-likeness (QED) is 0.213. The number of carbonyl (C=O) groups excluding carboxylic acids is 3. The van der Waals surface area contributed by atoms with E-state index in [-0.39, 0.29) is 13.2 Å². The maximum absolute atomic E-state index is 12.9. The van der Waals surface area contributed by atoms with Crippen LogP contribution >= 0.6 is 0 Å². The number of esters is 3. The van der Waals surface area contributed by atoms with E-state index in [1.54, 1.807) is 62.3 Å². The van der Waals surface area contributed by atoms with E-state index in [4.69, 9.17) is 23.7 Å². The molecular weight excluding hydrogens is 516 g/mol. The summed E-state index contributed by atoms with van der Waals surface area (Å²) in [6.45, 7) is 21.1. The monoisotopic (exact) mass is 568 g/mol. The minimum atomic E-state index is -1.47. The van der Waals surface area contributed by atoms with Crippen LogP contribution < -0.4 is 0 Å². The third-order valence-corrected chi connectivity index (χ3v) is 6.10. The Kier molecular flexibility index (Phi) is 13.1. The molecule has 0 amide bonds. The van der Waals surface area contributed by atoms with Crippen molar-refractivity contribution in [3.05, 3.63) is 23.3 Å². The van der Waals surface area contributed by atoms with Crippen molar-refractivity contribution >= 4 is 17.9 Å². The molecule has 0 radical (unpaired) electrons. The fourth-order valence-corrected chi connectivity index (χ4v) is 3.39. The first-order chi connectivity index (χ1) is 18.1. The van der Waals surface area contributed by atoms with Gasteiger partial charge in [-0.05, 0) is 95.9 Å². The van der Waals surface area contributed by atoms with Gasteiger partial charge in [0.05, 0.1) is 22.9 Å². The predicted octanol–water partition coefficient (Wildman–Crippen LogP) is 5.29. The van der Waals surface area contributed by atoms with Crippen molar-refractivity contribution in [1.82, 2.24) is 0 Å². The minimum absolute atomic E-state index is 0.128. The van der Waals surface area contributed by atoms with Crippen LogP contribution in [0.2, 0.25) is 0 Å². The first-order valence-electron chi connectivity index (χ1n) is 14.0. The lowest BCUT2D eigenvalue weighted by Crippen LogP contribution is -2.62. The maximum Gasteiger partial charge on any atom is 0.311 e. The highest BCUT2D eigenvalue weighted by Gasteiger charge is 2.52. The molecule has 1 aliphatic heterocycles. The van der Waals surface area contributed by atoms with Gasteiger partial charge in [0, 0.05) is 0 Å². The Morgan fingerprint density at radius 2 is 1.27 bits per heavy atom. The Hall–Kier alpha value is -2.23. The predicted molar refractivity (Wildman–Crippen MR) is 152 cm³/mol. The fraction of sp³-hybridized carbons (Fsp3) is 0.774. The summed E-state index contributed by atoms with van der Waals surface area (Å²) >= 11 is 0. The number of hydrogen-bond acceptors (Lipinski definition) is 9. The van der Waals surface area contributed by atoms with Gasteiger partial charge in [-0.2, -0.15) is 0 Å². The number of aliphatic hydroxyl groups excluding tert-OH is 1. The lowest BCUT2D eigenvalue weighted by atomic mass is 9.93. The molecule has 1 heterocycles. The van der Waals surface area contributed by atoms with Gasteiger partial charge in [0.2, 0.25) is 0 Å². The Bertz CT molecular complexity index is 924. The smallest absolute Gasteiger partial charge is 0.311 e. The highest BCUT2D eigenvalue weighted by Crippen LogP contribution is 2.32. The molecule has 0 saturated carbocycles. The largest absolute Gasteiger partial charge is 0.462 e. The van der Waals surface area contributed by atoms with Crippen molar-refractivity contribution in [2.24, 2.45) is 16.2 Å². The molecule has 5 atom stereocenters. The summed E-state index contributed by atoms with van der Waals surface area (Å²) in [5.41, 5.74) is -0.221. The van der Waals surface area contributed by atoms with E-state index in [1.165, 1.54) is 5.57 Å². The molecule has 0 spiro atoms. The summed E-state index contributed by atoms with van der Waals surface area (Å²) in [6.07, 6.45) is -0.536. The number of aliphatic hydroxyl groups is 1. The van der Waals surface area contributed by atoms with E-state index in [1.807, 2.05) is 26.8 Å². The second-order valence-electron chi connectivity index (χ2n) is 13.8. The normalized spacial score (nSPS) is 24.2. The molecule has 1 N–H and O–H groups in total. The van der Waals surface area contributed by atoms with Gasteiger partial charge in [0.25, 0.3) is 0 Å². The van der Waals surface area contributed by atoms with Gasteiger partial charge in [0.15, 0.2) is 18.5 Å². The van der Waals surface area contributed by atoms with Crippen molar-refractivity contribution in [2.45, 2.75) is 127 Å². The van der Waals surface area contributed by atoms with Crippen LogP contribution in [0.4, 0.5) is 0 Å². The van der Waals surface area contributed by atoms with Crippen molar-refractivity contribution in [3.63, 3.8) is 0 Å². The first-order valence-corrected chi connectivity index (χ1v) is 14.0. The van der Waals surface area contributed by atoms with Gasteiger partial charge in [-0.1, -0.05) is 23.3 Å². The highest BCUT2D eigenvalue weighted by atomic mass is 16.7. The fourth-order valence-electron chi connectivity index (χ4n) is 3.39. The molecule has 230 valence electrons. The van der Waals surface area contributed by atoms with Crippen molar-refractivity contribution in [2.75, 3.05) is 13.2 Å². The zero-order valence-electron chi connectivity index (χ0n) is 26.6. The Morgan fingerprint density at radius 3 is 1.75 bits per heavy atom. The lowest BCUT2D eigenvalue weighted by molar-refractivity contribution is -0.306. The molecular formula is C31H52O9. The summed E-state index contributed by atoms with van der Waals surface area (Å²) in [7, 11) is 0. The van der Waals surface area contributed by atoms with E-state index >= 15 is 0 Å². The van der Waals surface area contributed by atoms with Crippen LogP contribution in [0.25, 0.3) is 0 Å². The number of ether oxygens (including phenoxy) is 5. The van der Waals surface area contributed by atoms with Gasteiger partial charge >= 0.3 is 17.9 Å². The first kappa shape index (κ1) is 35.8. The van der Waals surface area contributed by atoms with Crippen molar-refractivity contribution in [3.8, 4) is 0 Å². The van der Waals surface area contributed by atoms with Crippen LogP contribution in [0.3, 0.4) is 0 Å². The molecule has 0 aromatic rings. The van der Waals surface area contributed by atoms with Crippen LogP contribution in [0.5, 0.6) is 0 Å².